The second kappa shape index (κ2) is 8.42. The van der Waals surface area contributed by atoms with E-state index in [0.29, 0.717) is 20.8 Å². The van der Waals surface area contributed by atoms with Crippen molar-refractivity contribution in [1.29, 1.82) is 0 Å². The number of rotatable bonds is 6. The number of ketones is 1. The number of nitrogens with one attached hydrogen (secondary N) is 1. The summed E-state index contributed by atoms with van der Waals surface area (Å²) in [5, 5.41) is 0.621. The number of pyridine rings is 1. The number of aryl methyl sites for hydroxylation is 1. The molecule has 0 spiro atoms. The van der Waals surface area contributed by atoms with Crippen molar-refractivity contribution in [3.8, 4) is 11.1 Å². The molecule has 31 heavy (non-hydrogen) atoms. The molecule has 5 nitrogen and oxygen atoms in total. The van der Waals surface area contributed by atoms with Crippen LogP contribution in [-0.4, -0.2) is 24.9 Å². The minimum Gasteiger partial charge on any atom is -0.360 e. The zero-order valence-electron chi connectivity index (χ0n) is 16.5. The highest BCUT2D eigenvalue weighted by Crippen LogP contribution is 2.26. The van der Waals surface area contributed by atoms with E-state index in [9.17, 15) is 18.0 Å². The third kappa shape index (κ3) is 4.63. The van der Waals surface area contributed by atoms with E-state index in [1.807, 2.05) is 25.1 Å². The third-order valence-corrected chi connectivity index (χ3v) is 8.40. The van der Waals surface area contributed by atoms with E-state index in [0.717, 1.165) is 28.0 Å². The topological polar surface area (TPSA) is 84.1 Å². The summed E-state index contributed by atoms with van der Waals surface area (Å²) in [6.45, 7) is 1.94. The van der Waals surface area contributed by atoms with Crippen LogP contribution in [0.4, 0.5) is 0 Å². The molecular weight excluding hydrogens is 454 g/mol. The minimum absolute atomic E-state index is 0.00805. The molecule has 0 aliphatic heterocycles. The van der Waals surface area contributed by atoms with Gasteiger partial charge in [0.15, 0.2) is 21.0 Å². The molecule has 0 amide bonds. The number of aromatic amines is 1. The van der Waals surface area contributed by atoms with Crippen LogP contribution in [0.15, 0.2) is 69.8 Å². The molecule has 2 heterocycles. The number of hydrogen-bond donors (Lipinski definition) is 1. The monoisotopic (exact) mass is 471 g/mol. The van der Waals surface area contributed by atoms with E-state index in [4.69, 9.17) is 11.6 Å². The number of H-pyrrole nitrogens is 1. The second-order valence-electron chi connectivity index (χ2n) is 7.31. The fourth-order valence-electron chi connectivity index (χ4n) is 3.38. The molecule has 0 bridgehead atoms. The SMILES string of the molecule is Cc1ccc2[nH]cc(-c3ccc(CC(=O)CS(=O)(=O)c4ccc(Cl)s4)cc3)c(=O)c2c1. The number of Topliss-reactive ketones (excluding diaryl/α,β-unsaturated/α-hetero) is 1. The first-order chi connectivity index (χ1) is 14.7. The molecule has 0 saturated carbocycles. The van der Waals surface area contributed by atoms with Crippen molar-refractivity contribution < 1.29 is 13.2 Å². The number of aromatic nitrogens is 1. The Labute approximate surface area is 188 Å². The fraction of sp³-hybridized carbons (Fsp3) is 0.130. The molecular formula is C23H18ClNO4S2. The highest BCUT2D eigenvalue weighted by molar-refractivity contribution is 7.94. The number of halogens is 1. The maximum atomic E-state index is 12.9. The third-order valence-electron chi connectivity index (χ3n) is 4.91. The van der Waals surface area contributed by atoms with Crippen LogP contribution in [0.25, 0.3) is 22.0 Å². The highest BCUT2D eigenvalue weighted by atomic mass is 35.5. The number of hydrogen-bond acceptors (Lipinski definition) is 5. The van der Waals surface area contributed by atoms with Crippen LogP contribution in [0.1, 0.15) is 11.1 Å². The Balaban J connectivity index is 1.52. The first-order valence-corrected chi connectivity index (χ1v) is 12.3. The van der Waals surface area contributed by atoms with Crippen LogP contribution in [0.2, 0.25) is 4.34 Å². The molecule has 158 valence electrons. The van der Waals surface area contributed by atoms with E-state index in [2.05, 4.69) is 4.98 Å². The Morgan fingerprint density at radius 3 is 2.48 bits per heavy atom. The Morgan fingerprint density at radius 1 is 1.06 bits per heavy atom. The summed E-state index contributed by atoms with van der Waals surface area (Å²) < 4.78 is 25.1. The zero-order chi connectivity index (χ0) is 22.2. The van der Waals surface area contributed by atoms with E-state index >= 15 is 0 Å². The maximum absolute atomic E-state index is 12.9. The van der Waals surface area contributed by atoms with E-state index in [1.54, 1.807) is 30.5 Å². The normalized spacial score (nSPS) is 11.7. The van der Waals surface area contributed by atoms with Gasteiger partial charge < -0.3 is 4.98 Å². The first-order valence-electron chi connectivity index (χ1n) is 9.44. The Bertz CT molecular complexity index is 1450. The smallest absolute Gasteiger partial charge is 0.197 e. The summed E-state index contributed by atoms with van der Waals surface area (Å²) in [5.74, 6) is -0.980. The summed E-state index contributed by atoms with van der Waals surface area (Å²) >= 11 is 6.73. The van der Waals surface area contributed by atoms with Crippen molar-refractivity contribution in [2.45, 2.75) is 17.6 Å². The molecule has 4 aromatic rings. The lowest BCUT2D eigenvalue weighted by molar-refractivity contribution is -0.116. The minimum atomic E-state index is -3.70. The lowest BCUT2D eigenvalue weighted by Crippen LogP contribution is -2.17. The van der Waals surface area contributed by atoms with Crippen LogP contribution in [-0.2, 0) is 21.1 Å². The van der Waals surface area contributed by atoms with Gasteiger partial charge in [-0.3, -0.25) is 9.59 Å². The van der Waals surface area contributed by atoms with Crippen LogP contribution < -0.4 is 5.43 Å². The number of thiophene rings is 1. The Morgan fingerprint density at radius 2 is 1.81 bits per heavy atom. The molecule has 4 rings (SSSR count). The van der Waals surface area contributed by atoms with Crippen LogP contribution in [0.5, 0.6) is 0 Å². The maximum Gasteiger partial charge on any atom is 0.197 e. The van der Waals surface area contributed by atoms with Crippen molar-refractivity contribution >= 4 is 49.5 Å². The van der Waals surface area contributed by atoms with Crippen molar-refractivity contribution in [2.24, 2.45) is 0 Å². The molecule has 0 aliphatic rings. The standard InChI is InChI=1S/C23H18ClNO4S2/c1-14-2-7-20-18(10-14)23(27)19(12-25-20)16-5-3-15(4-6-16)11-17(26)13-31(28,29)22-9-8-21(24)30-22/h2-10,12H,11,13H2,1H3,(H,25,27). The summed E-state index contributed by atoms with van der Waals surface area (Å²) in [4.78, 5) is 28.4. The quantitative estimate of drug-likeness (QED) is 0.437. The molecule has 0 atom stereocenters. The van der Waals surface area contributed by atoms with Gasteiger partial charge in [-0.05, 0) is 42.3 Å². The Hall–Kier alpha value is -2.74. The molecule has 0 radical (unpaired) electrons. The van der Waals surface area contributed by atoms with Crippen molar-refractivity contribution in [3.63, 3.8) is 0 Å². The summed E-state index contributed by atoms with van der Waals surface area (Å²) in [5.41, 5.74) is 3.65. The number of fused-ring (bicyclic) bond motifs is 1. The van der Waals surface area contributed by atoms with Crippen molar-refractivity contribution in [1.82, 2.24) is 4.98 Å². The van der Waals surface area contributed by atoms with Crippen molar-refractivity contribution in [3.05, 3.63) is 86.5 Å². The van der Waals surface area contributed by atoms with Gasteiger partial charge in [-0.15, -0.1) is 11.3 Å². The average molecular weight is 472 g/mol. The van der Waals surface area contributed by atoms with Crippen LogP contribution >= 0.6 is 22.9 Å². The summed E-state index contributed by atoms with van der Waals surface area (Å²) in [7, 11) is -3.70. The molecule has 0 saturated heterocycles. The predicted octanol–water partition coefficient (Wildman–Crippen LogP) is 4.80. The number of benzene rings is 2. The molecule has 2 aromatic heterocycles. The molecule has 1 N–H and O–H groups in total. The molecule has 2 aromatic carbocycles. The van der Waals surface area contributed by atoms with E-state index in [-0.39, 0.29) is 16.1 Å². The Kier molecular flexibility index (Phi) is 5.83. The summed E-state index contributed by atoms with van der Waals surface area (Å²) in [6, 6.07) is 15.6. The number of carbonyl (C=O) groups excluding carboxylic acids is 1. The van der Waals surface area contributed by atoms with Crippen molar-refractivity contribution in [2.75, 3.05) is 5.75 Å². The van der Waals surface area contributed by atoms with Gasteiger partial charge in [-0.1, -0.05) is 47.5 Å². The average Bonchev–Trinajstić information content (AvgIpc) is 3.16. The lowest BCUT2D eigenvalue weighted by Gasteiger charge is -2.06. The second-order valence-corrected chi connectivity index (χ2v) is 11.2. The predicted molar refractivity (Wildman–Crippen MR) is 125 cm³/mol. The van der Waals surface area contributed by atoms with Crippen LogP contribution in [0, 0.1) is 6.92 Å². The van der Waals surface area contributed by atoms with Gasteiger partial charge in [0.05, 0.1) is 4.34 Å². The number of sulfone groups is 1. The molecule has 0 fully saturated rings. The van der Waals surface area contributed by atoms with E-state index in [1.165, 1.54) is 12.1 Å². The molecule has 0 aliphatic carbocycles. The van der Waals surface area contributed by atoms with Crippen LogP contribution in [0.3, 0.4) is 0 Å². The fourth-order valence-corrected chi connectivity index (χ4v) is 6.19. The lowest BCUT2D eigenvalue weighted by atomic mass is 10.0. The van der Waals surface area contributed by atoms with Gasteiger partial charge in [-0.2, -0.15) is 0 Å². The van der Waals surface area contributed by atoms with Gasteiger partial charge in [0, 0.05) is 29.1 Å². The number of carbonyl (C=O) groups is 1. The van der Waals surface area contributed by atoms with Gasteiger partial charge in [0.2, 0.25) is 0 Å². The van der Waals surface area contributed by atoms with Gasteiger partial charge >= 0.3 is 0 Å². The van der Waals surface area contributed by atoms with Gasteiger partial charge in [-0.25, -0.2) is 8.42 Å². The molecule has 8 heteroatoms. The highest BCUT2D eigenvalue weighted by Gasteiger charge is 2.21. The first kappa shape index (κ1) is 21.5. The van der Waals surface area contributed by atoms with Gasteiger partial charge in [0.1, 0.15) is 9.96 Å². The largest absolute Gasteiger partial charge is 0.360 e. The van der Waals surface area contributed by atoms with E-state index < -0.39 is 21.4 Å². The molecule has 0 unspecified atom stereocenters. The zero-order valence-corrected chi connectivity index (χ0v) is 18.9. The summed E-state index contributed by atoms with van der Waals surface area (Å²) in [6.07, 6.45) is 1.67. The van der Waals surface area contributed by atoms with Gasteiger partial charge in [0.25, 0.3) is 0 Å².